The van der Waals surface area contributed by atoms with Crippen molar-refractivity contribution in [3.8, 4) is 0 Å². The number of hydrogen-bond acceptors (Lipinski definition) is 3. The number of halogens is 1. The van der Waals surface area contributed by atoms with Crippen LogP contribution in [-0.4, -0.2) is 15.7 Å². The topological polar surface area (TPSA) is 33.2 Å². The van der Waals surface area contributed by atoms with Crippen molar-refractivity contribution in [1.29, 1.82) is 0 Å². The summed E-state index contributed by atoms with van der Waals surface area (Å²) in [7, 11) is 0. The number of rotatable bonds is 2. The molecule has 0 unspecified atom stereocenters. The highest BCUT2D eigenvalue weighted by atomic mass is 35.5. The van der Waals surface area contributed by atoms with Crippen molar-refractivity contribution in [3.05, 3.63) is 95.4 Å². The first-order chi connectivity index (χ1) is 11.2. The van der Waals surface area contributed by atoms with Gasteiger partial charge < -0.3 is 4.90 Å². The van der Waals surface area contributed by atoms with E-state index in [0.29, 0.717) is 10.7 Å². The van der Waals surface area contributed by atoms with Gasteiger partial charge in [-0.3, -0.25) is 9.78 Å². The minimum absolute atomic E-state index is 0.0216. The van der Waals surface area contributed by atoms with Gasteiger partial charge in [0.2, 0.25) is 0 Å². The molecule has 112 valence electrons. The van der Waals surface area contributed by atoms with Crippen molar-refractivity contribution >= 4 is 23.1 Å². The van der Waals surface area contributed by atoms with Crippen molar-refractivity contribution in [2.75, 3.05) is 0 Å². The van der Waals surface area contributed by atoms with Crippen LogP contribution in [0.3, 0.4) is 0 Å². The number of carbonyl (C=O) groups excluding carboxylic acids is 1. The summed E-state index contributed by atoms with van der Waals surface area (Å²) >= 11 is 6.34. The summed E-state index contributed by atoms with van der Waals surface area (Å²) in [5.74, 6) is -0.0216. The van der Waals surface area contributed by atoms with Crippen molar-refractivity contribution < 1.29 is 4.79 Å². The Hall–Kier alpha value is -2.65. The van der Waals surface area contributed by atoms with E-state index < -0.39 is 5.54 Å². The van der Waals surface area contributed by atoms with Gasteiger partial charge >= 0.3 is 0 Å². The summed E-state index contributed by atoms with van der Waals surface area (Å²) < 4.78 is 0. The monoisotopic (exact) mass is 320 g/mol. The predicted molar refractivity (Wildman–Crippen MR) is 90.5 cm³/mol. The van der Waals surface area contributed by atoms with Crippen LogP contribution in [0.1, 0.15) is 11.3 Å². The second-order valence-corrected chi connectivity index (χ2v) is 5.83. The molecule has 0 fully saturated rings. The maximum Gasteiger partial charge on any atom is 0.193 e. The predicted octanol–water partition coefficient (Wildman–Crippen LogP) is 3.94. The van der Waals surface area contributed by atoms with Gasteiger partial charge in [-0.1, -0.05) is 41.9 Å². The van der Waals surface area contributed by atoms with E-state index in [2.05, 4.69) is 4.98 Å². The van der Waals surface area contributed by atoms with Crippen LogP contribution in [-0.2, 0) is 10.3 Å². The quantitative estimate of drug-likeness (QED) is 0.840. The Balaban J connectivity index is 1.90. The molecule has 0 N–H and O–H groups in total. The molecule has 4 heteroatoms. The molecule has 23 heavy (non-hydrogen) atoms. The Bertz CT molecular complexity index is 870. The molecule has 1 atom stereocenters. The number of pyridine rings is 1. The van der Waals surface area contributed by atoms with Crippen molar-refractivity contribution in [1.82, 2.24) is 9.88 Å². The van der Waals surface area contributed by atoms with Crippen LogP contribution in [0.25, 0.3) is 5.70 Å². The van der Waals surface area contributed by atoms with E-state index in [9.17, 15) is 4.79 Å². The van der Waals surface area contributed by atoms with E-state index in [1.807, 2.05) is 71.8 Å². The van der Waals surface area contributed by atoms with Gasteiger partial charge in [-0.25, -0.2) is 0 Å². The summed E-state index contributed by atoms with van der Waals surface area (Å²) in [5.41, 5.74) is 1.39. The molecular weight excluding hydrogens is 308 g/mol. The average molecular weight is 321 g/mol. The summed E-state index contributed by atoms with van der Waals surface area (Å²) in [6.45, 7) is 0. The number of nitrogens with zero attached hydrogens (tertiary/aromatic N) is 2. The lowest BCUT2D eigenvalue weighted by Crippen LogP contribution is -2.43. The number of fused-ring (bicyclic) bond motifs is 1. The fourth-order valence-corrected chi connectivity index (χ4v) is 3.34. The number of ketones is 1. The van der Waals surface area contributed by atoms with Crippen LogP contribution < -0.4 is 0 Å². The maximum atomic E-state index is 12.9. The Morgan fingerprint density at radius 2 is 1.87 bits per heavy atom. The Morgan fingerprint density at radius 1 is 1.04 bits per heavy atom. The first-order valence-electron chi connectivity index (χ1n) is 7.31. The fourth-order valence-electron chi connectivity index (χ4n) is 3.10. The molecule has 0 bridgehead atoms. The van der Waals surface area contributed by atoms with Crippen LogP contribution in [0.2, 0.25) is 5.02 Å². The third-order valence-corrected chi connectivity index (χ3v) is 4.50. The second-order valence-electron chi connectivity index (χ2n) is 5.43. The molecule has 1 aromatic carbocycles. The van der Waals surface area contributed by atoms with Gasteiger partial charge in [-0.2, -0.15) is 0 Å². The van der Waals surface area contributed by atoms with E-state index in [4.69, 9.17) is 11.6 Å². The van der Waals surface area contributed by atoms with Crippen molar-refractivity contribution in [2.45, 2.75) is 5.54 Å². The average Bonchev–Trinajstić information content (AvgIpc) is 2.90. The van der Waals surface area contributed by atoms with E-state index >= 15 is 0 Å². The highest BCUT2D eigenvalue weighted by Crippen LogP contribution is 2.45. The second kappa shape index (κ2) is 5.21. The van der Waals surface area contributed by atoms with Gasteiger partial charge in [0.15, 0.2) is 11.3 Å². The SMILES string of the molecule is O=C1C=C(c2ccccc2Cl)N2C=CC=C[C@@]12c1ccccn1. The minimum Gasteiger partial charge on any atom is -0.325 e. The van der Waals surface area contributed by atoms with E-state index in [1.54, 1.807) is 12.3 Å². The zero-order valence-corrected chi connectivity index (χ0v) is 12.9. The fraction of sp³-hybridized carbons (Fsp3) is 0.0526. The van der Waals surface area contributed by atoms with Gasteiger partial charge in [-0.15, -0.1) is 0 Å². The maximum absolute atomic E-state index is 12.9. The van der Waals surface area contributed by atoms with Gasteiger partial charge in [0, 0.05) is 29.1 Å². The largest absolute Gasteiger partial charge is 0.325 e. The summed E-state index contributed by atoms with van der Waals surface area (Å²) in [6, 6.07) is 13.1. The minimum atomic E-state index is -0.926. The molecule has 4 rings (SSSR count). The number of carbonyl (C=O) groups is 1. The number of aromatic nitrogens is 1. The third kappa shape index (κ3) is 1.97. The molecule has 0 radical (unpaired) electrons. The molecule has 1 aromatic heterocycles. The molecule has 3 heterocycles. The van der Waals surface area contributed by atoms with Crippen LogP contribution >= 0.6 is 11.6 Å². The van der Waals surface area contributed by atoms with Crippen LogP contribution in [0.15, 0.2) is 79.2 Å². The molecule has 0 aliphatic carbocycles. The summed E-state index contributed by atoms with van der Waals surface area (Å²) in [6.07, 6.45) is 10.9. The molecule has 0 saturated carbocycles. The smallest absolute Gasteiger partial charge is 0.193 e. The van der Waals surface area contributed by atoms with Gasteiger partial charge in [0.05, 0.1) is 11.4 Å². The lowest BCUT2D eigenvalue weighted by Gasteiger charge is -2.37. The standard InChI is InChI=1S/C19H13ClN2O/c20-15-8-2-1-7-14(15)16-13-18(23)19(10-4-6-12-22(16)19)17-9-3-5-11-21-17/h1-13H/t19-/m1/s1. The molecular formula is C19H13ClN2O. The number of benzene rings is 1. The zero-order valence-electron chi connectivity index (χ0n) is 12.2. The highest BCUT2D eigenvalue weighted by Gasteiger charge is 2.49. The highest BCUT2D eigenvalue weighted by molar-refractivity contribution is 6.32. The van der Waals surface area contributed by atoms with E-state index in [0.717, 1.165) is 11.3 Å². The Kier molecular flexibility index (Phi) is 3.17. The summed E-state index contributed by atoms with van der Waals surface area (Å²) in [4.78, 5) is 19.3. The lowest BCUT2D eigenvalue weighted by atomic mass is 9.88. The molecule has 0 spiro atoms. The molecule has 2 aromatic rings. The first kappa shape index (κ1) is 14.0. The van der Waals surface area contributed by atoms with Crippen molar-refractivity contribution in [2.24, 2.45) is 0 Å². The number of allylic oxidation sites excluding steroid dienone is 2. The molecule has 3 nitrogen and oxygen atoms in total. The van der Waals surface area contributed by atoms with Crippen molar-refractivity contribution in [3.63, 3.8) is 0 Å². The third-order valence-electron chi connectivity index (χ3n) is 4.17. The molecule has 2 aliphatic heterocycles. The lowest BCUT2D eigenvalue weighted by molar-refractivity contribution is -0.120. The summed E-state index contributed by atoms with van der Waals surface area (Å²) in [5, 5.41) is 0.617. The van der Waals surface area contributed by atoms with Gasteiger partial charge in [-0.05, 0) is 30.4 Å². The molecule has 2 aliphatic rings. The van der Waals surface area contributed by atoms with Crippen LogP contribution in [0.4, 0.5) is 0 Å². The number of hydrogen-bond donors (Lipinski definition) is 0. The molecule has 0 saturated heterocycles. The van der Waals surface area contributed by atoms with Crippen LogP contribution in [0, 0.1) is 0 Å². The molecule has 0 amide bonds. The Morgan fingerprint density at radius 3 is 2.65 bits per heavy atom. The zero-order chi connectivity index (χ0) is 15.9. The van der Waals surface area contributed by atoms with Gasteiger partial charge in [0.1, 0.15) is 0 Å². The van der Waals surface area contributed by atoms with Crippen LogP contribution in [0.5, 0.6) is 0 Å². The van der Waals surface area contributed by atoms with E-state index in [-0.39, 0.29) is 5.78 Å². The Labute approximate surface area is 139 Å². The van der Waals surface area contributed by atoms with E-state index in [1.165, 1.54) is 0 Å². The van der Waals surface area contributed by atoms with Gasteiger partial charge in [0.25, 0.3) is 0 Å². The first-order valence-corrected chi connectivity index (χ1v) is 7.69. The normalized spacial score (nSPS) is 22.2.